The molecular weight excluding hydrogens is 574 g/mol. The van der Waals surface area contributed by atoms with Crippen LogP contribution >= 0.6 is 22.9 Å². The number of hydrogen-bond acceptors (Lipinski definition) is 6. The molecule has 0 saturated carbocycles. The Morgan fingerprint density at radius 1 is 1.15 bits per heavy atom. The zero-order chi connectivity index (χ0) is 28.9. The third kappa shape index (κ3) is 5.05. The van der Waals surface area contributed by atoms with Gasteiger partial charge in [-0.3, -0.25) is 14.3 Å². The number of anilines is 1. The molecule has 4 heterocycles. The molecule has 0 aliphatic carbocycles. The number of nitrogens with two attached hydrogens (primary N) is 1. The van der Waals surface area contributed by atoms with E-state index in [1.807, 2.05) is 0 Å². The lowest BCUT2D eigenvalue weighted by Gasteiger charge is -2.12. The lowest BCUT2D eigenvalue weighted by molar-refractivity contribution is -0.140. The molecule has 5 aromatic rings. The first-order valence-corrected chi connectivity index (χ1v) is 12.7. The Labute approximate surface area is 232 Å². The summed E-state index contributed by atoms with van der Waals surface area (Å²) in [5, 5.41) is 7.41. The van der Waals surface area contributed by atoms with Crippen LogP contribution in [0.1, 0.15) is 43.1 Å². The van der Waals surface area contributed by atoms with Crippen LogP contribution in [-0.4, -0.2) is 26.6 Å². The summed E-state index contributed by atoms with van der Waals surface area (Å²) in [6.45, 7) is 3.71. The monoisotopic (exact) mass is 591 g/mol. The van der Waals surface area contributed by atoms with Gasteiger partial charge in [-0.05, 0) is 55.3 Å². The molecule has 5 rings (SSSR count). The molecular formula is C26H18ClF4N5O3S. The van der Waals surface area contributed by atoms with Crippen molar-refractivity contribution in [1.82, 2.24) is 14.8 Å². The van der Waals surface area contributed by atoms with Crippen molar-refractivity contribution in [2.45, 2.75) is 26.6 Å². The molecule has 4 aromatic heterocycles. The van der Waals surface area contributed by atoms with Gasteiger partial charge in [0.2, 0.25) is 0 Å². The minimum atomic E-state index is -4.82. The van der Waals surface area contributed by atoms with Crippen molar-refractivity contribution in [2.24, 2.45) is 5.73 Å². The summed E-state index contributed by atoms with van der Waals surface area (Å²) >= 11 is 6.78. The highest BCUT2D eigenvalue weighted by molar-refractivity contribution is 7.21. The average Bonchev–Trinajstić information content (AvgIpc) is 3.57. The maximum absolute atomic E-state index is 13.7. The number of aromatic nitrogens is 3. The van der Waals surface area contributed by atoms with E-state index in [4.69, 9.17) is 21.8 Å². The summed E-state index contributed by atoms with van der Waals surface area (Å²) in [7, 11) is 0. The first-order valence-electron chi connectivity index (χ1n) is 11.5. The van der Waals surface area contributed by atoms with Crippen molar-refractivity contribution >= 4 is 50.7 Å². The smallest absolute Gasteiger partial charge is 0.433 e. The Morgan fingerprint density at radius 2 is 1.85 bits per heavy atom. The third-order valence-electron chi connectivity index (χ3n) is 6.05. The first kappa shape index (κ1) is 27.3. The fourth-order valence-electron chi connectivity index (χ4n) is 4.13. The Balaban J connectivity index is 1.57. The number of hydrogen-bond donors (Lipinski definition) is 2. The number of primary amides is 1. The lowest BCUT2D eigenvalue weighted by atomic mass is 10.0. The number of thiophene rings is 1. The zero-order valence-corrected chi connectivity index (χ0v) is 22.3. The molecule has 0 saturated heterocycles. The second-order valence-electron chi connectivity index (χ2n) is 8.77. The molecule has 40 heavy (non-hydrogen) atoms. The zero-order valence-electron chi connectivity index (χ0n) is 20.7. The van der Waals surface area contributed by atoms with Crippen LogP contribution in [0.4, 0.5) is 23.2 Å². The Kier molecular flexibility index (Phi) is 6.88. The summed E-state index contributed by atoms with van der Waals surface area (Å²) in [6.07, 6.45) is -4.82. The highest BCUT2D eigenvalue weighted by atomic mass is 35.5. The molecule has 206 valence electrons. The Bertz CT molecular complexity index is 1790. The number of nitrogens with zero attached hydrogens (tertiary/aromatic N) is 3. The summed E-state index contributed by atoms with van der Waals surface area (Å²) in [4.78, 5) is 28.7. The highest BCUT2D eigenvalue weighted by Crippen LogP contribution is 2.43. The number of amides is 2. The molecule has 0 aliphatic rings. The third-order valence-corrected chi connectivity index (χ3v) is 7.70. The van der Waals surface area contributed by atoms with Gasteiger partial charge in [0.25, 0.3) is 11.8 Å². The number of furan rings is 1. The second kappa shape index (κ2) is 10.1. The van der Waals surface area contributed by atoms with Crippen LogP contribution in [0.2, 0.25) is 5.02 Å². The van der Waals surface area contributed by atoms with E-state index < -0.39 is 29.5 Å². The second-order valence-corrected chi connectivity index (χ2v) is 10.1. The summed E-state index contributed by atoms with van der Waals surface area (Å²) in [5.41, 5.74) is 5.66. The molecule has 1 aromatic carbocycles. The standard InChI is InChI=1S/C26H18ClF4N5O3S/c1-11-20(27)12(2)36(35-11)10-15-7-8-17(39-15)24(38)34-21-19-16(13-3-5-14(28)6-4-13)9-18(26(29,30)31)33-25(19)40-22(21)23(32)37/h3-9H,10H2,1-2H3,(H2,32,37)(H,34,38). The molecule has 2 amide bonds. The van der Waals surface area contributed by atoms with Crippen molar-refractivity contribution in [3.8, 4) is 11.1 Å². The van der Waals surface area contributed by atoms with Crippen LogP contribution in [-0.2, 0) is 12.7 Å². The molecule has 0 atom stereocenters. The number of carbonyl (C=O) groups excluding carboxylic acids is 2. The van der Waals surface area contributed by atoms with Gasteiger partial charge < -0.3 is 15.5 Å². The normalized spacial score (nSPS) is 11.8. The number of fused-ring (bicyclic) bond motifs is 1. The minimum Gasteiger partial charge on any atom is -0.454 e. The number of carbonyl (C=O) groups is 2. The molecule has 3 N–H and O–H groups in total. The van der Waals surface area contributed by atoms with Gasteiger partial charge in [-0.15, -0.1) is 11.3 Å². The van der Waals surface area contributed by atoms with Crippen molar-refractivity contribution in [2.75, 3.05) is 5.32 Å². The number of alkyl halides is 3. The van der Waals surface area contributed by atoms with Crippen LogP contribution in [0.3, 0.4) is 0 Å². The number of benzene rings is 1. The number of halogens is 5. The van der Waals surface area contributed by atoms with Crippen molar-refractivity contribution in [3.05, 3.63) is 86.8 Å². The number of rotatable bonds is 6. The van der Waals surface area contributed by atoms with Crippen LogP contribution < -0.4 is 11.1 Å². The van der Waals surface area contributed by atoms with E-state index in [0.717, 1.165) is 18.2 Å². The number of aryl methyl sites for hydroxylation is 1. The molecule has 0 unspecified atom stereocenters. The molecule has 0 aliphatic heterocycles. The van der Waals surface area contributed by atoms with Gasteiger partial charge in [0.05, 0.1) is 28.6 Å². The van der Waals surface area contributed by atoms with Crippen molar-refractivity contribution in [1.29, 1.82) is 0 Å². The van der Waals surface area contributed by atoms with E-state index in [2.05, 4.69) is 15.4 Å². The summed E-state index contributed by atoms with van der Waals surface area (Å²) in [5.74, 6) is -2.14. The van der Waals surface area contributed by atoms with Gasteiger partial charge in [-0.1, -0.05) is 23.7 Å². The molecule has 14 heteroatoms. The Morgan fingerprint density at radius 3 is 2.45 bits per heavy atom. The summed E-state index contributed by atoms with van der Waals surface area (Å²) in [6, 6.07) is 8.44. The summed E-state index contributed by atoms with van der Waals surface area (Å²) < 4.78 is 61.9. The van der Waals surface area contributed by atoms with Gasteiger partial charge in [0.15, 0.2) is 5.76 Å². The van der Waals surface area contributed by atoms with Gasteiger partial charge in [0.1, 0.15) is 27.0 Å². The fraction of sp³-hybridized carbons (Fsp3) is 0.154. The SMILES string of the molecule is Cc1nn(Cc2ccc(C(=O)Nc3c(C(N)=O)sc4nc(C(F)(F)F)cc(-c5ccc(F)cc5)c34)o2)c(C)c1Cl. The quantitative estimate of drug-likeness (QED) is 0.216. The number of pyridine rings is 1. The van der Waals surface area contributed by atoms with E-state index in [9.17, 15) is 27.2 Å². The van der Waals surface area contributed by atoms with Crippen LogP contribution in [0.15, 0.2) is 46.9 Å². The van der Waals surface area contributed by atoms with E-state index in [0.29, 0.717) is 33.5 Å². The maximum atomic E-state index is 13.7. The predicted molar refractivity (Wildman–Crippen MR) is 141 cm³/mol. The van der Waals surface area contributed by atoms with Gasteiger partial charge >= 0.3 is 6.18 Å². The van der Waals surface area contributed by atoms with Crippen LogP contribution in [0, 0.1) is 19.7 Å². The Hall–Kier alpha value is -4.23. The largest absolute Gasteiger partial charge is 0.454 e. The molecule has 0 fully saturated rings. The van der Waals surface area contributed by atoms with Gasteiger partial charge in [-0.25, -0.2) is 9.37 Å². The first-order chi connectivity index (χ1) is 18.8. The van der Waals surface area contributed by atoms with Gasteiger partial charge in [-0.2, -0.15) is 18.3 Å². The van der Waals surface area contributed by atoms with E-state index in [-0.39, 0.29) is 44.2 Å². The average molecular weight is 592 g/mol. The van der Waals surface area contributed by atoms with E-state index >= 15 is 0 Å². The van der Waals surface area contributed by atoms with E-state index in [1.54, 1.807) is 24.6 Å². The van der Waals surface area contributed by atoms with Crippen LogP contribution in [0.25, 0.3) is 21.3 Å². The number of nitrogens with one attached hydrogen (secondary N) is 1. The molecule has 0 radical (unpaired) electrons. The van der Waals surface area contributed by atoms with E-state index in [1.165, 1.54) is 18.2 Å². The van der Waals surface area contributed by atoms with Crippen LogP contribution in [0.5, 0.6) is 0 Å². The lowest BCUT2D eigenvalue weighted by Crippen LogP contribution is -2.16. The molecule has 0 bridgehead atoms. The fourth-order valence-corrected chi connectivity index (χ4v) is 5.27. The predicted octanol–water partition coefficient (Wildman–Crippen LogP) is 6.58. The molecule has 8 nitrogen and oxygen atoms in total. The van der Waals surface area contributed by atoms with Gasteiger partial charge in [0, 0.05) is 5.39 Å². The topological polar surface area (TPSA) is 116 Å². The minimum absolute atomic E-state index is 0.0297. The molecule has 0 spiro atoms. The van der Waals surface area contributed by atoms with Crippen molar-refractivity contribution < 1.29 is 31.6 Å². The van der Waals surface area contributed by atoms with Crippen molar-refractivity contribution in [3.63, 3.8) is 0 Å². The highest BCUT2D eigenvalue weighted by Gasteiger charge is 2.35. The maximum Gasteiger partial charge on any atom is 0.433 e.